The Hall–Kier alpha value is -3.41. The number of hydrogen-bond donors (Lipinski definition) is 1. The van der Waals surface area contributed by atoms with E-state index in [0.717, 1.165) is 55.8 Å². The molecule has 0 aliphatic carbocycles. The highest BCUT2D eigenvalue weighted by Crippen LogP contribution is 2.38. The van der Waals surface area contributed by atoms with Gasteiger partial charge in [0.2, 0.25) is 5.91 Å². The Balaban J connectivity index is 1.31. The molecular formula is C32H43N5O3. The summed E-state index contributed by atoms with van der Waals surface area (Å²) in [5.41, 5.74) is 3.17. The Labute approximate surface area is 238 Å². The summed E-state index contributed by atoms with van der Waals surface area (Å²) in [6.45, 7) is 13.5. The maximum Gasteiger partial charge on any atom is 0.407 e. The van der Waals surface area contributed by atoms with Crippen molar-refractivity contribution < 1.29 is 14.7 Å². The molecule has 40 heavy (non-hydrogen) atoms. The molecular weight excluding hydrogens is 502 g/mol. The molecule has 2 saturated heterocycles. The maximum absolute atomic E-state index is 13.3. The van der Waals surface area contributed by atoms with Gasteiger partial charge in [0, 0.05) is 51.4 Å². The molecule has 1 atom stereocenters. The summed E-state index contributed by atoms with van der Waals surface area (Å²) in [5, 5.41) is 18.9. The van der Waals surface area contributed by atoms with Crippen molar-refractivity contribution in [2.75, 3.05) is 44.7 Å². The quantitative estimate of drug-likeness (QED) is 0.547. The van der Waals surface area contributed by atoms with E-state index in [1.165, 1.54) is 0 Å². The van der Waals surface area contributed by atoms with E-state index in [-0.39, 0.29) is 17.2 Å². The van der Waals surface area contributed by atoms with Gasteiger partial charge in [-0.2, -0.15) is 5.26 Å². The van der Waals surface area contributed by atoms with E-state index in [1.807, 2.05) is 44.3 Å². The van der Waals surface area contributed by atoms with Gasteiger partial charge in [0.25, 0.3) is 0 Å². The number of carboxylic acid groups (broad SMARTS) is 1. The second kappa shape index (κ2) is 12.0. The fourth-order valence-corrected chi connectivity index (χ4v) is 5.99. The van der Waals surface area contributed by atoms with E-state index in [4.69, 9.17) is 5.26 Å². The SMILES string of the molecule is CN(C(=O)C1CCN(Cc2cccc(C#N)c2)CC1)c1ccc(CN2CCN(C(=O)O)[C@@](C)(C(C)(C)C)C2)cc1. The molecule has 0 radical (unpaired) electrons. The van der Waals surface area contributed by atoms with Crippen LogP contribution < -0.4 is 4.90 Å². The number of benzene rings is 2. The third-order valence-corrected chi connectivity index (χ3v) is 9.07. The molecule has 0 spiro atoms. The molecule has 8 nitrogen and oxygen atoms in total. The maximum atomic E-state index is 13.3. The van der Waals surface area contributed by atoms with Crippen LogP contribution in [0.2, 0.25) is 0 Å². The van der Waals surface area contributed by atoms with Gasteiger partial charge < -0.3 is 10.0 Å². The van der Waals surface area contributed by atoms with Gasteiger partial charge >= 0.3 is 6.09 Å². The van der Waals surface area contributed by atoms with Gasteiger partial charge in [0.05, 0.1) is 17.2 Å². The molecule has 2 heterocycles. The molecule has 2 amide bonds. The monoisotopic (exact) mass is 545 g/mol. The first-order valence-electron chi connectivity index (χ1n) is 14.2. The van der Waals surface area contributed by atoms with E-state index < -0.39 is 11.6 Å². The van der Waals surface area contributed by atoms with Crippen molar-refractivity contribution in [3.8, 4) is 6.07 Å². The van der Waals surface area contributed by atoms with Crippen LogP contribution in [0.15, 0.2) is 48.5 Å². The zero-order valence-electron chi connectivity index (χ0n) is 24.6. The van der Waals surface area contributed by atoms with Gasteiger partial charge in [-0.05, 0) is 73.7 Å². The fraction of sp³-hybridized carbons (Fsp3) is 0.531. The van der Waals surface area contributed by atoms with E-state index in [2.05, 4.69) is 54.8 Å². The molecule has 0 aromatic heterocycles. The van der Waals surface area contributed by atoms with Crippen LogP contribution in [0.3, 0.4) is 0 Å². The van der Waals surface area contributed by atoms with Gasteiger partial charge in [-0.3, -0.25) is 19.5 Å². The summed E-state index contributed by atoms with van der Waals surface area (Å²) in [4.78, 5) is 33.3. The standard InChI is InChI=1S/C32H43N5O3/c1-31(2,3)32(4)23-36(17-18-37(32)30(39)40)21-24-9-11-28(12-10-24)34(5)29(38)27-13-15-35(16-14-27)22-26-8-6-7-25(19-26)20-33/h6-12,19,27H,13-18,21-23H2,1-5H3,(H,39,40)/t32-/m1/s1. The van der Waals surface area contributed by atoms with E-state index in [0.29, 0.717) is 25.2 Å². The number of amides is 2. The van der Waals surface area contributed by atoms with Gasteiger partial charge in [0.1, 0.15) is 0 Å². The topological polar surface area (TPSA) is 91.1 Å². The van der Waals surface area contributed by atoms with Crippen LogP contribution in [0.5, 0.6) is 0 Å². The lowest BCUT2D eigenvalue weighted by Crippen LogP contribution is -2.67. The van der Waals surface area contributed by atoms with Crippen LogP contribution in [0, 0.1) is 22.7 Å². The molecule has 8 heteroatoms. The largest absolute Gasteiger partial charge is 0.465 e. The average molecular weight is 546 g/mol. The number of hydrogen-bond acceptors (Lipinski definition) is 5. The molecule has 2 aliphatic rings. The van der Waals surface area contributed by atoms with Crippen LogP contribution >= 0.6 is 0 Å². The van der Waals surface area contributed by atoms with Crippen LogP contribution in [0.4, 0.5) is 10.5 Å². The Morgan fingerprint density at radius 2 is 1.65 bits per heavy atom. The minimum Gasteiger partial charge on any atom is -0.465 e. The summed E-state index contributed by atoms with van der Waals surface area (Å²) >= 11 is 0. The third-order valence-electron chi connectivity index (χ3n) is 9.07. The molecule has 2 aromatic carbocycles. The Bertz CT molecular complexity index is 1240. The summed E-state index contributed by atoms with van der Waals surface area (Å²) < 4.78 is 0. The normalized spacial score (nSPS) is 21.1. The molecule has 214 valence electrons. The Kier molecular flexibility index (Phi) is 8.86. The van der Waals surface area contributed by atoms with Crippen molar-refractivity contribution in [3.63, 3.8) is 0 Å². The number of nitrogens with zero attached hydrogens (tertiary/aromatic N) is 5. The molecule has 1 N–H and O–H groups in total. The van der Waals surface area contributed by atoms with Crippen molar-refractivity contribution in [1.29, 1.82) is 5.26 Å². The second-order valence-electron chi connectivity index (χ2n) is 12.6. The number of likely N-dealkylation sites (tertiary alicyclic amines) is 1. The van der Waals surface area contributed by atoms with Crippen LogP contribution in [0.25, 0.3) is 0 Å². The first-order chi connectivity index (χ1) is 18.9. The molecule has 4 rings (SSSR count). The van der Waals surface area contributed by atoms with Crippen LogP contribution in [0.1, 0.15) is 57.2 Å². The average Bonchev–Trinajstić information content (AvgIpc) is 2.92. The van der Waals surface area contributed by atoms with Crippen LogP contribution in [-0.2, 0) is 17.9 Å². The Morgan fingerprint density at radius 3 is 2.25 bits per heavy atom. The number of piperidine rings is 1. The van der Waals surface area contributed by atoms with Crippen molar-refractivity contribution in [1.82, 2.24) is 14.7 Å². The molecule has 2 fully saturated rings. The lowest BCUT2D eigenvalue weighted by molar-refractivity contribution is -0.123. The molecule has 0 saturated carbocycles. The molecule has 2 aromatic rings. The zero-order valence-corrected chi connectivity index (χ0v) is 24.6. The predicted octanol–water partition coefficient (Wildman–Crippen LogP) is 5.03. The van der Waals surface area contributed by atoms with Crippen molar-refractivity contribution in [3.05, 3.63) is 65.2 Å². The van der Waals surface area contributed by atoms with Crippen molar-refractivity contribution >= 4 is 17.7 Å². The lowest BCUT2D eigenvalue weighted by atomic mass is 9.72. The minimum atomic E-state index is -0.856. The van der Waals surface area contributed by atoms with E-state index >= 15 is 0 Å². The summed E-state index contributed by atoms with van der Waals surface area (Å²) in [5.74, 6) is 0.164. The molecule has 2 aliphatic heterocycles. The zero-order chi connectivity index (χ0) is 29.1. The smallest absolute Gasteiger partial charge is 0.407 e. The first-order valence-corrected chi connectivity index (χ1v) is 14.2. The number of anilines is 1. The highest BCUT2D eigenvalue weighted by molar-refractivity contribution is 5.94. The van der Waals surface area contributed by atoms with E-state index in [9.17, 15) is 14.7 Å². The number of rotatable bonds is 6. The number of nitriles is 1. The Morgan fingerprint density at radius 1 is 1.00 bits per heavy atom. The lowest BCUT2D eigenvalue weighted by Gasteiger charge is -2.54. The second-order valence-corrected chi connectivity index (χ2v) is 12.6. The fourth-order valence-electron chi connectivity index (χ4n) is 5.99. The number of carbonyl (C=O) groups excluding carboxylic acids is 1. The molecule has 0 bridgehead atoms. The van der Waals surface area contributed by atoms with Crippen LogP contribution in [-0.4, -0.2) is 77.1 Å². The van der Waals surface area contributed by atoms with Gasteiger partial charge in [-0.15, -0.1) is 0 Å². The van der Waals surface area contributed by atoms with Gasteiger partial charge in [-0.25, -0.2) is 4.79 Å². The van der Waals surface area contributed by atoms with E-state index in [1.54, 1.807) is 9.80 Å². The van der Waals surface area contributed by atoms with Crippen molar-refractivity contribution in [2.24, 2.45) is 11.3 Å². The van der Waals surface area contributed by atoms with Crippen molar-refractivity contribution in [2.45, 2.75) is 59.2 Å². The minimum absolute atomic E-state index is 0.00646. The number of carbonyl (C=O) groups is 2. The van der Waals surface area contributed by atoms with Gasteiger partial charge in [0.15, 0.2) is 0 Å². The summed E-state index contributed by atoms with van der Waals surface area (Å²) in [6, 6.07) is 18.1. The molecule has 0 unspecified atom stereocenters. The summed E-state index contributed by atoms with van der Waals surface area (Å²) in [6.07, 6.45) is 0.799. The summed E-state index contributed by atoms with van der Waals surface area (Å²) in [7, 11) is 1.86. The van der Waals surface area contributed by atoms with Gasteiger partial charge in [-0.1, -0.05) is 45.0 Å². The number of piperazine rings is 1. The first kappa shape index (κ1) is 29.6. The predicted molar refractivity (Wildman–Crippen MR) is 157 cm³/mol. The highest BCUT2D eigenvalue weighted by Gasteiger charge is 2.48. The third kappa shape index (κ3) is 6.48. The highest BCUT2D eigenvalue weighted by atomic mass is 16.4.